The van der Waals surface area contributed by atoms with Gasteiger partial charge < -0.3 is 18.9 Å². The van der Waals surface area contributed by atoms with Crippen LogP contribution in [0.25, 0.3) is 29.0 Å². The van der Waals surface area contributed by atoms with E-state index < -0.39 is 65.0 Å². The summed E-state index contributed by atoms with van der Waals surface area (Å²) in [5.74, 6) is -4.24. The molecular weight excluding hydrogens is 825 g/mol. The van der Waals surface area contributed by atoms with Crippen molar-refractivity contribution in [3.8, 4) is 0 Å². The van der Waals surface area contributed by atoms with E-state index in [0.717, 1.165) is 79.2 Å². The van der Waals surface area contributed by atoms with E-state index in [9.17, 15) is 19.2 Å². The van der Waals surface area contributed by atoms with Gasteiger partial charge >= 0.3 is 23.9 Å². The summed E-state index contributed by atoms with van der Waals surface area (Å²) >= 11 is 0. The Morgan fingerprint density at radius 3 is 2.09 bits per heavy atom. The molecule has 2 bridgehead atoms. The summed E-state index contributed by atoms with van der Waals surface area (Å²) < 4.78 is 25.4. The molecule has 1 aliphatic heterocycles. The molecule has 6 aromatic rings. The average molecular weight is 873 g/mol. The van der Waals surface area contributed by atoms with Gasteiger partial charge in [-0.05, 0) is 83.3 Å². The Balaban J connectivity index is 0.837. The Kier molecular flexibility index (Phi) is 9.84. The Labute approximate surface area is 383 Å². The largest absolute Gasteiger partial charge is 0.458 e. The van der Waals surface area contributed by atoms with Gasteiger partial charge in [0.2, 0.25) is 0 Å². The third-order valence-corrected chi connectivity index (χ3v) is 15.0. The van der Waals surface area contributed by atoms with Crippen molar-refractivity contribution < 1.29 is 38.1 Å². The molecule has 66 heavy (non-hydrogen) atoms. The van der Waals surface area contributed by atoms with Gasteiger partial charge in [-0.25, -0.2) is 9.59 Å². The van der Waals surface area contributed by atoms with Gasteiger partial charge in [-0.1, -0.05) is 153 Å². The van der Waals surface area contributed by atoms with Gasteiger partial charge in [0.1, 0.15) is 12.2 Å². The van der Waals surface area contributed by atoms with Crippen molar-refractivity contribution in [2.75, 3.05) is 0 Å². The number of hydrogen-bond donors (Lipinski definition) is 0. The lowest BCUT2D eigenvalue weighted by Crippen LogP contribution is -2.45. The highest BCUT2D eigenvalue weighted by Crippen LogP contribution is 2.60. The van der Waals surface area contributed by atoms with Crippen LogP contribution in [-0.2, 0) is 63.8 Å². The summed E-state index contributed by atoms with van der Waals surface area (Å²) in [6.45, 7) is 12.0. The van der Waals surface area contributed by atoms with Crippen molar-refractivity contribution >= 4 is 52.9 Å². The molecule has 3 fully saturated rings. The summed E-state index contributed by atoms with van der Waals surface area (Å²) in [4.78, 5) is 56.4. The zero-order chi connectivity index (χ0) is 45.5. The minimum atomic E-state index is -1.18. The first-order valence-corrected chi connectivity index (χ1v) is 22.7. The number of hydrogen-bond acceptors (Lipinski definition) is 8. The fraction of sp³-hybridized carbons (Fsp3) is 0.241. The zero-order valence-corrected chi connectivity index (χ0v) is 36.8. The molecule has 4 aliphatic carbocycles. The second-order valence-corrected chi connectivity index (χ2v) is 18.7. The average Bonchev–Trinajstić information content (AvgIpc) is 3.91. The van der Waals surface area contributed by atoms with Crippen LogP contribution in [0.4, 0.5) is 0 Å². The van der Waals surface area contributed by atoms with Gasteiger partial charge in [0.25, 0.3) is 0 Å². The van der Waals surface area contributed by atoms with Crippen molar-refractivity contribution in [2.24, 2.45) is 23.7 Å². The van der Waals surface area contributed by atoms with E-state index >= 15 is 0 Å². The highest BCUT2D eigenvalue weighted by molar-refractivity contribution is 6.07. The first kappa shape index (κ1) is 41.4. The van der Waals surface area contributed by atoms with Crippen LogP contribution in [-0.4, -0.2) is 36.1 Å². The number of benzene rings is 6. The van der Waals surface area contributed by atoms with E-state index in [0.29, 0.717) is 12.0 Å². The van der Waals surface area contributed by atoms with Crippen LogP contribution in [0.15, 0.2) is 146 Å². The summed E-state index contributed by atoms with van der Waals surface area (Å²) in [6.07, 6.45) is 6.61. The predicted molar refractivity (Wildman–Crippen MR) is 252 cm³/mol. The third-order valence-electron chi connectivity index (χ3n) is 15.0. The molecule has 5 aliphatic rings. The maximum Gasteiger partial charge on any atom is 0.339 e. The van der Waals surface area contributed by atoms with Crippen molar-refractivity contribution in [3.05, 3.63) is 207 Å². The molecular formula is C58H48O8. The van der Waals surface area contributed by atoms with Gasteiger partial charge in [0.15, 0.2) is 11.2 Å². The number of carbonyl (C=O) groups is 4. The van der Waals surface area contributed by atoms with E-state index in [-0.39, 0.29) is 17.9 Å². The summed E-state index contributed by atoms with van der Waals surface area (Å²) in [5.41, 5.74) is 7.50. The smallest absolute Gasteiger partial charge is 0.339 e. The van der Waals surface area contributed by atoms with Crippen molar-refractivity contribution in [3.63, 3.8) is 0 Å². The lowest BCUT2D eigenvalue weighted by atomic mass is 9.78. The summed E-state index contributed by atoms with van der Waals surface area (Å²) in [7, 11) is 0. The highest BCUT2D eigenvalue weighted by Gasteiger charge is 2.70. The Morgan fingerprint density at radius 1 is 0.712 bits per heavy atom. The Morgan fingerprint density at radius 2 is 1.35 bits per heavy atom. The molecule has 6 aromatic carbocycles. The number of esters is 4. The first-order valence-electron chi connectivity index (χ1n) is 22.7. The van der Waals surface area contributed by atoms with E-state index in [1.807, 2.05) is 135 Å². The predicted octanol–water partition coefficient (Wildman–Crippen LogP) is 10.5. The first-order chi connectivity index (χ1) is 32.0. The molecule has 7 unspecified atom stereocenters. The molecule has 328 valence electrons. The zero-order valence-electron chi connectivity index (χ0n) is 36.8. The quantitative estimate of drug-likeness (QED) is 0.0804. The number of rotatable bonds is 9. The van der Waals surface area contributed by atoms with Crippen LogP contribution in [0.5, 0.6) is 0 Å². The maximum atomic E-state index is 14.6. The Hall–Kier alpha value is -7.32. The molecule has 2 saturated carbocycles. The Bertz CT molecular complexity index is 3060. The number of carbonyl (C=O) groups excluding carboxylic acids is 4. The highest BCUT2D eigenvalue weighted by atomic mass is 16.6. The molecule has 8 heteroatoms. The van der Waals surface area contributed by atoms with Crippen LogP contribution in [0.1, 0.15) is 86.3 Å². The van der Waals surface area contributed by atoms with Gasteiger partial charge in [-0.15, -0.1) is 0 Å². The molecule has 1 heterocycles. The number of fused-ring (bicyclic) bond motifs is 6. The van der Waals surface area contributed by atoms with Crippen molar-refractivity contribution in [2.45, 2.75) is 62.9 Å². The van der Waals surface area contributed by atoms with Crippen LogP contribution in [0.2, 0.25) is 0 Å². The molecule has 0 amide bonds. The fourth-order valence-corrected chi connectivity index (χ4v) is 11.9. The number of ether oxygens (including phenoxy) is 4. The standard InChI is InChI=1S/C58H48O8/c1-5-35-17-12-19-41-40(35)18-13-20-42(41)54(60)65-58(4)47-23-11-8-16-38(47)27-28-39-31-34(24-29-48(39)58)30-33(2)53(59)63-51-44-32-43-49(55(61)64-52(43)51)50(44)56(62)66-57(3)45-21-9-6-14-36(45)25-26-37-15-7-10-22-46(37)57/h5-24,27-29,31,43-44,49-52H,1-2,25-26,30,32H2,3-4H3. The normalized spacial score (nSPS) is 24.7. The minimum Gasteiger partial charge on any atom is -0.458 e. The molecule has 1 saturated heterocycles. The lowest BCUT2D eigenvalue weighted by Gasteiger charge is -2.36. The van der Waals surface area contributed by atoms with Crippen molar-refractivity contribution in [1.82, 2.24) is 0 Å². The molecule has 7 atom stereocenters. The molecule has 0 spiro atoms. The van der Waals surface area contributed by atoms with Gasteiger partial charge in [-0.3, -0.25) is 9.59 Å². The number of aryl methyl sites for hydroxylation is 2. The SMILES string of the molecule is C=Cc1cccc2c(C(=O)OC3(C)c4ccccc4C=Cc4cc(CC(=C)C(=O)OC5C6CC7C5OC(=O)C7C6C(=O)OC5(C)c6ccccc6CCc6ccccc65)ccc43)cccc12. The van der Waals surface area contributed by atoms with Gasteiger partial charge in [0, 0.05) is 46.1 Å². The second kappa shape index (κ2) is 15.7. The van der Waals surface area contributed by atoms with E-state index in [4.69, 9.17) is 18.9 Å². The van der Waals surface area contributed by atoms with Crippen LogP contribution in [0.3, 0.4) is 0 Å². The van der Waals surface area contributed by atoms with Crippen LogP contribution in [0, 0.1) is 23.7 Å². The summed E-state index contributed by atoms with van der Waals surface area (Å²) in [6, 6.07) is 41.2. The fourth-order valence-electron chi connectivity index (χ4n) is 11.9. The molecule has 11 rings (SSSR count). The topological polar surface area (TPSA) is 105 Å². The lowest BCUT2D eigenvalue weighted by molar-refractivity contribution is -0.170. The van der Waals surface area contributed by atoms with E-state index in [1.54, 1.807) is 12.1 Å². The van der Waals surface area contributed by atoms with E-state index in [2.05, 4.69) is 25.3 Å². The minimum absolute atomic E-state index is 0.168. The van der Waals surface area contributed by atoms with Crippen LogP contribution < -0.4 is 0 Å². The van der Waals surface area contributed by atoms with E-state index in [1.165, 1.54) is 0 Å². The van der Waals surface area contributed by atoms with Crippen LogP contribution >= 0.6 is 0 Å². The summed E-state index contributed by atoms with van der Waals surface area (Å²) in [5, 5.41) is 1.69. The third kappa shape index (κ3) is 6.48. The van der Waals surface area contributed by atoms with Crippen molar-refractivity contribution in [1.29, 1.82) is 0 Å². The maximum absolute atomic E-state index is 14.6. The molecule has 0 aromatic heterocycles. The monoisotopic (exact) mass is 872 g/mol. The van der Waals surface area contributed by atoms with Gasteiger partial charge in [0.05, 0.1) is 17.4 Å². The molecule has 0 radical (unpaired) electrons. The molecule has 0 N–H and O–H groups in total. The van der Waals surface area contributed by atoms with Gasteiger partial charge in [-0.2, -0.15) is 0 Å². The second-order valence-electron chi connectivity index (χ2n) is 18.7. The molecule has 8 nitrogen and oxygen atoms in total.